The van der Waals surface area contributed by atoms with Crippen LogP contribution in [-0.4, -0.2) is 5.65 Å². The molecule has 0 radical (unpaired) electrons. The minimum absolute atomic E-state index is 0.368. The van der Waals surface area contributed by atoms with Crippen molar-refractivity contribution in [2.45, 2.75) is 0 Å². The molecule has 0 saturated carbocycles. The van der Waals surface area contributed by atoms with Crippen molar-refractivity contribution in [2.24, 2.45) is 5.73 Å². The molecule has 0 atom stereocenters. The number of amides is 1. The molecule has 0 spiro atoms. The van der Waals surface area contributed by atoms with Crippen molar-refractivity contribution >= 4 is 55.5 Å². The van der Waals surface area contributed by atoms with Crippen molar-refractivity contribution in [3.05, 3.63) is 0 Å². The molecule has 2 nitrogen and oxygen atoms in total. The predicted molar refractivity (Wildman–Crippen MR) is 44.7 cm³/mol. The van der Waals surface area contributed by atoms with E-state index < -0.39 is 3.37 Å². The van der Waals surface area contributed by atoms with E-state index in [-0.39, 0.29) is 5.65 Å². The van der Waals surface area contributed by atoms with Gasteiger partial charge in [-0.1, -0.05) is 0 Å². The van der Waals surface area contributed by atoms with Crippen molar-refractivity contribution in [2.75, 3.05) is 0 Å². The van der Waals surface area contributed by atoms with Crippen LogP contribution in [-0.2, 0) is 0 Å². The van der Waals surface area contributed by atoms with Crippen LogP contribution in [0.3, 0.4) is 0 Å². The average Bonchev–Trinajstić information content (AvgIpc) is 1.31. The molecule has 0 rings (SSSR count). The van der Waals surface area contributed by atoms with Gasteiger partial charge in [0.05, 0.1) is 0 Å². The zero-order chi connectivity index (χ0) is 6.08. The van der Waals surface area contributed by atoms with Gasteiger partial charge in [0.2, 0.25) is 0 Å². The number of rotatable bonds is 1. The van der Waals surface area contributed by atoms with Crippen molar-refractivity contribution in [1.82, 2.24) is 0 Å². The molecule has 7 heavy (non-hydrogen) atoms. The third kappa shape index (κ3) is 3.88. The molecule has 0 aromatic heterocycles. The molecule has 0 saturated heterocycles. The minimum atomic E-state index is -2.16. The molecule has 6 heteroatoms. The van der Waals surface area contributed by atoms with Crippen molar-refractivity contribution < 1.29 is 4.79 Å². The molecule has 0 aliphatic rings. The third-order valence-electron chi connectivity index (χ3n) is 0.279. The normalized spacial score (nSPS) is 13.6. The van der Waals surface area contributed by atoms with Gasteiger partial charge in [-0.2, -0.15) is 0 Å². The van der Waals surface area contributed by atoms with Crippen molar-refractivity contribution in [1.29, 1.82) is 0 Å². The summed E-state index contributed by atoms with van der Waals surface area (Å²) >= 11 is 9.12. The second-order valence-corrected chi connectivity index (χ2v) is 22.6. The number of halogens is 3. The summed E-state index contributed by atoms with van der Waals surface area (Å²) in [5, 5.41) is 0. The Labute approximate surface area is 65.8 Å². The molecule has 0 bridgehead atoms. The number of hydrogen-bond acceptors (Lipinski definition) is 1. The Morgan fingerprint density at radius 3 is 1.57 bits per heavy atom. The monoisotopic (exact) mass is 313 g/mol. The summed E-state index contributed by atoms with van der Waals surface area (Å²) < 4.78 is -2.16. The summed E-state index contributed by atoms with van der Waals surface area (Å²) in [6.45, 7) is 0. The van der Waals surface area contributed by atoms with E-state index in [0.29, 0.717) is 0 Å². The summed E-state index contributed by atoms with van der Waals surface area (Å²) in [4.78, 5) is 10.2. The first kappa shape index (κ1) is 8.34. The Balaban J connectivity index is 3.79. The van der Waals surface area contributed by atoms with Gasteiger partial charge in [0.25, 0.3) is 0 Å². The number of hydrogen-bond donors (Lipinski definition) is 1. The van der Waals surface area contributed by atoms with E-state index in [1.807, 2.05) is 0 Å². The average molecular weight is 316 g/mol. The fourth-order valence-electron chi connectivity index (χ4n) is 0. The summed E-state index contributed by atoms with van der Waals surface area (Å²) in [6, 6.07) is 0. The first-order valence-electron chi connectivity index (χ1n) is 1.31. The van der Waals surface area contributed by atoms with Crippen LogP contribution in [0.5, 0.6) is 0 Å². The van der Waals surface area contributed by atoms with Gasteiger partial charge >= 0.3 is 66.0 Å². The summed E-state index contributed by atoms with van der Waals surface area (Å²) in [6.07, 6.45) is 0. The molecule has 2 N–H and O–H groups in total. The topological polar surface area (TPSA) is 43.1 Å². The van der Waals surface area contributed by atoms with E-state index >= 15 is 0 Å². The number of primary amides is 1. The molecule has 0 aromatic carbocycles. The molecule has 0 fully saturated rings. The van der Waals surface area contributed by atoms with Gasteiger partial charge in [-0.15, -0.1) is 0 Å². The Hall–Kier alpha value is 1.34. The molecule has 0 heterocycles. The maximum atomic E-state index is 10.2. The van der Waals surface area contributed by atoms with E-state index in [1.165, 1.54) is 0 Å². The van der Waals surface area contributed by atoms with Crippen LogP contribution in [0.25, 0.3) is 0 Å². The van der Waals surface area contributed by atoms with Crippen molar-refractivity contribution in [3.63, 3.8) is 0 Å². The molecular formula is CH3Br3NOP. The maximum absolute atomic E-state index is 10.2. The van der Waals surface area contributed by atoms with Gasteiger partial charge in [0, 0.05) is 0 Å². The Bertz CT molecular complexity index is 87.4. The van der Waals surface area contributed by atoms with E-state index in [4.69, 9.17) is 5.73 Å². The molecular weight excluding hydrogens is 313 g/mol. The van der Waals surface area contributed by atoms with E-state index in [9.17, 15) is 4.79 Å². The Morgan fingerprint density at radius 2 is 1.57 bits per heavy atom. The van der Waals surface area contributed by atoms with Crippen LogP contribution in [0.2, 0.25) is 0 Å². The van der Waals surface area contributed by atoms with Gasteiger partial charge in [-0.25, -0.2) is 0 Å². The van der Waals surface area contributed by atoms with Crippen LogP contribution >= 0.6 is 49.8 Å². The third-order valence-corrected chi connectivity index (χ3v) is 4.36. The SMILES string of the molecule is NC(=O)[PH](Br)(Br)Br. The molecule has 0 unspecified atom stereocenters. The number of carbonyl (C=O) groups excluding carboxylic acids is 1. The molecule has 0 aliphatic carbocycles. The fraction of sp³-hybridized carbons (Fsp3) is 0. The number of carbonyl (C=O) groups is 1. The van der Waals surface area contributed by atoms with Gasteiger partial charge in [0.15, 0.2) is 0 Å². The van der Waals surface area contributed by atoms with Crippen molar-refractivity contribution in [3.8, 4) is 0 Å². The van der Waals surface area contributed by atoms with Crippen LogP contribution in [0.4, 0.5) is 4.79 Å². The quantitative estimate of drug-likeness (QED) is 0.743. The summed E-state index contributed by atoms with van der Waals surface area (Å²) in [5.41, 5.74) is 4.48. The van der Waals surface area contributed by atoms with Crippen LogP contribution in [0.15, 0.2) is 0 Å². The fourth-order valence-corrected chi connectivity index (χ4v) is 0. The Kier molecular flexibility index (Phi) is 3.29. The molecule has 44 valence electrons. The zero-order valence-corrected chi connectivity index (χ0v) is 8.88. The first-order valence-corrected chi connectivity index (χ1v) is 10.1. The summed E-state index contributed by atoms with van der Waals surface area (Å²) in [5.74, 6) is 0. The van der Waals surface area contributed by atoms with Gasteiger partial charge < -0.3 is 0 Å². The standard InChI is InChI=1S/CH3Br3NOP/c2-7(3,4)1(5)6/h7H,(H2,5,6). The molecule has 0 aliphatic heterocycles. The second kappa shape index (κ2) is 2.76. The zero-order valence-electron chi connectivity index (χ0n) is 3.12. The van der Waals surface area contributed by atoms with Crippen LogP contribution in [0, 0.1) is 0 Å². The number of nitrogens with two attached hydrogens (primary N) is 1. The van der Waals surface area contributed by atoms with Gasteiger partial charge in [-0.3, -0.25) is 0 Å². The predicted octanol–water partition coefficient (Wildman–Crippen LogP) is 2.74. The van der Waals surface area contributed by atoms with E-state index in [0.717, 1.165) is 0 Å². The summed E-state index contributed by atoms with van der Waals surface area (Å²) in [7, 11) is 0. The molecule has 0 aromatic rings. The van der Waals surface area contributed by atoms with Crippen LogP contribution < -0.4 is 5.73 Å². The van der Waals surface area contributed by atoms with Gasteiger partial charge in [0.1, 0.15) is 0 Å². The first-order chi connectivity index (χ1) is 2.94. The Morgan fingerprint density at radius 1 is 1.43 bits per heavy atom. The van der Waals surface area contributed by atoms with Crippen LogP contribution in [0.1, 0.15) is 0 Å². The van der Waals surface area contributed by atoms with E-state index in [1.54, 1.807) is 0 Å². The second-order valence-electron chi connectivity index (χ2n) is 0.862. The van der Waals surface area contributed by atoms with E-state index in [2.05, 4.69) is 46.5 Å². The molecule has 1 amide bonds. The van der Waals surface area contributed by atoms with Gasteiger partial charge in [-0.05, 0) is 0 Å².